The molecule has 0 bridgehead atoms. The van der Waals surface area contributed by atoms with Gasteiger partial charge in [0.05, 0.1) is 17.7 Å². The number of hydrogen-bond acceptors (Lipinski definition) is 3. The molecule has 2 N–H and O–H groups in total. The smallest absolute Gasteiger partial charge is 0.253 e. The average Bonchev–Trinajstić information content (AvgIpc) is 2.45. The van der Waals surface area contributed by atoms with Crippen LogP contribution in [0.3, 0.4) is 0 Å². The molecule has 1 unspecified atom stereocenters. The number of benzene rings is 1. The SMILES string of the molecule is CC1(NC(=O)c2ccccc2C#CCO)CCCOC1. The van der Waals surface area contributed by atoms with E-state index in [1.54, 1.807) is 18.2 Å². The van der Waals surface area contributed by atoms with Gasteiger partial charge in [0.1, 0.15) is 6.61 Å². The lowest BCUT2D eigenvalue weighted by atomic mass is 9.94. The molecule has 1 aromatic rings. The number of ether oxygens (including phenoxy) is 1. The van der Waals surface area contributed by atoms with Crippen molar-refractivity contribution < 1.29 is 14.6 Å². The molecule has 1 aliphatic heterocycles. The van der Waals surface area contributed by atoms with Crippen molar-refractivity contribution in [2.75, 3.05) is 19.8 Å². The van der Waals surface area contributed by atoms with Gasteiger partial charge in [-0.05, 0) is 31.9 Å². The van der Waals surface area contributed by atoms with Crippen LogP contribution in [-0.4, -0.2) is 36.4 Å². The Kier molecular flexibility index (Phi) is 4.78. The Bertz CT molecular complexity index is 536. The van der Waals surface area contributed by atoms with Crippen molar-refractivity contribution in [2.24, 2.45) is 0 Å². The summed E-state index contributed by atoms with van der Waals surface area (Å²) in [5, 5.41) is 11.8. The van der Waals surface area contributed by atoms with Crippen molar-refractivity contribution in [3.63, 3.8) is 0 Å². The van der Waals surface area contributed by atoms with E-state index in [1.807, 2.05) is 13.0 Å². The second kappa shape index (κ2) is 6.56. The number of aliphatic hydroxyl groups is 1. The highest BCUT2D eigenvalue weighted by atomic mass is 16.5. The van der Waals surface area contributed by atoms with Gasteiger partial charge in [-0.25, -0.2) is 0 Å². The van der Waals surface area contributed by atoms with Crippen molar-refractivity contribution in [1.29, 1.82) is 0 Å². The largest absolute Gasteiger partial charge is 0.384 e. The third-order valence-electron chi connectivity index (χ3n) is 3.33. The Balaban J connectivity index is 2.16. The maximum Gasteiger partial charge on any atom is 0.253 e. The van der Waals surface area contributed by atoms with E-state index >= 15 is 0 Å². The fourth-order valence-electron chi connectivity index (χ4n) is 2.30. The monoisotopic (exact) mass is 273 g/mol. The fourth-order valence-corrected chi connectivity index (χ4v) is 2.30. The van der Waals surface area contributed by atoms with Gasteiger partial charge >= 0.3 is 0 Å². The van der Waals surface area contributed by atoms with Gasteiger partial charge < -0.3 is 15.2 Å². The van der Waals surface area contributed by atoms with Gasteiger partial charge in [0.2, 0.25) is 0 Å². The minimum absolute atomic E-state index is 0.152. The topological polar surface area (TPSA) is 58.6 Å². The van der Waals surface area contributed by atoms with E-state index in [2.05, 4.69) is 17.2 Å². The molecule has 1 aliphatic rings. The van der Waals surface area contributed by atoms with Crippen LogP contribution in [0.15, 0.2) is 24.3 Å². The second-order valence-corrected chi connectivity index (χ2v) is 5.18. The van der Waals surface area contributed by atoms with Crippen LogP contribution < -0.4 is 5.32 Å². The Hall–Kier alpha value is -1.83. The number of amides is 1. The summed E-state index contributed by atoms with van der Waals surface area (Å²) in [6.07, 6.45) is 1.85. The van der Waals surface area contributed by atoms with Gasteiger partial charge in [-0.15, -0.1) is 0 Å². The van der Waals surface area contributed by atoms with E-state index in [1.165, 1.54) is 0 Å². The number of aliphatic hydroxyl groups excluding tert-OH is 1. The zero-order valence-corrected chi connectivity index (χ0v) is 11.6. The number of rotatable bonds is 2. The fraction of sp³-hybridized carbons (Fsp3) is 0.438. The van der Waals surface area contributed by atoms with Crippen LogP contribution in [0, 0.1) is 11.8 Å². The Morgan fingerprint density at radius 2 is 2.30 bits per heavy atom. The van der Waals surface area contributed by atoms with E-state index in [0.717, 1.165) is 19.4 Å². The maximum absolute atomic E-state index is 12.4. The number of carbonyl (C=O) groups is 1. The van der Waals surface area contributed by atoms with Gasteiger partial charge in [-0.3, -0.25) is 4.79 Å². The van der Waals surface area contributed by atoms with Crippen LogP contribution >= 0.6 is 0 Å². The highest BCUT2D eigenvalue weighted by Crippen LogP contribution is 2.19. The maximum atomic E-state index is 12.4. The van der Waals surface area contributed by atoms with Gasteiger partial charge in [-0.1, -0.05) is 24.0 Å². The highest BCUT2D eigenvalue weighted by molar-refractivity contribution is 5.97. The first-order valence-electron chi connectivity index (χ1n) is 6.74. The van der Waals surface area contributed by atoms with Crippen LogP contribution in [0.4, 0.5) is 0 Å². The van der Waals surface area contributed by atoms with Crippen LogP contribution in [0.1, 0.15) is 35.7 Å². The molecule has 20 heavy (non-hydrogen) atoms. The second-order valence-electron chi connectivity index (χ2n) is 5.18. The molecule has 106 valence electrons. The zero-order valence-electron chi connectivity index (χ0n) is 11.6. The van der Waals surface area contributed by atoms with Gasteiger partial charge in [-0.2, -0.15) is 0 Å². The summed E-state index contributed by atoms with van der Waals surface area (Å²) in [6, 6.07) is 7.14. The van der Waals surface area contributed by atoms with E-state index < -0.39 is 0 Å². The summed E-state index contributed by atoms with van der Waals surface area (Å²) >= 11 is 0. The Morgan fingerprint density at radius 3 is 3.00 bits per heavy atom. The van der Waals surface area contributed by atoms with Crippen molar-refractivity contribution >= 4 is 5.91 Å². The molecule has 4 heteroatoms. The van der Waals surface area contributed by atoms with Crippen molar-refractivity contribution in [2.45, 2.75) is 25.3 Å². The van der Waals surface area contributed by atoms with E-state index in [4.69, 9.17) is 9.84 Å². The van der Waals surface area contributed by atoms with Crippen LogP contribution in [0.25, 0.3) is 0 Å². The molecule has 1 heterocycles. The van der Waals surface area contributed by atoms with Crippen molar-refractivity contribution in [3.05, 3.63) is 35.4 Å². The summed E-state index contributed by atoms with van der Waals surface area (Å²) in [6.45, 7) is 3.06. The minimum Gasteiger partial charge on any atom is -0.384 e. The van der Waals surface area contributed by atoms with Crippen molar-refractivity contribution in [1.82, 2.24) is 5.32 Å². The third kappa shape index (κ3) is 3.60. The van der Waals surface area contributed by atoms with E-state index in [-0.39, 0.29) is 18.1 Å². The molecular formula is C16H19NO3. The molecule has 1 saturated heterocycles. The predicted molar refractivity (Wildman–Crippen MR) is 76.3 cm³/mol. The predicted octanol–water partition coefficient (Wildman–Crippen LogP) is 1.33. The van der Waals surface area contributed by atoms with E-state index in [0.29, 0.717) is 17.7 Å². The van der Waals surface area contributed by atoms with Gasteiger partial charge in [0, 0.05) is 12.2 Å². The molecule has 4 nitrogen and oxygen atoms in total. The summed E-state index contributed by atoms with van der Waals surface area (Å²) in [5.74, 6) is 5.22. The molecule has 0 spiro atoms. The molecule has 0 aliphatic carbocycles. The number of nitrogens with one attached hydrogen (secondary N) is 1. The van der Waals surface area contributed by atoms with Crippen LogP contribution in [0.5, 0.6) is 0 Å². The van der Waals surface area contributed by atoms with Crippen molar-refractivity contribution in [3.8, 4) is 11.8 Å². The third-order valence-corrected chi connectivity index (χ3v) is 3.33. The minimum atomic E-state index is -0.327. The Labute approximate surface area is 119 Å². The molecule has 1 atom stereocenters. The van der Waals surface area contributed by atoms with Crippen LogP contribution in [0.2, 0.25) is 0 Å². The molecule has 1 fully saturated rings. The molecule has 0 saturated carbocycles. The first kappa shape index (κ1) is 14.6. The molecule has 2 rings (SSSR count). The summed E-state index contributed by atoms with van der Waals surface area (Å²) in [7, 11) is 0. The molecule has 0 aromatic heterocycles. The summed E-state index contributed by atoms with van der Waals surface area (Å²) < 4.78 is 5.44. The molecular weight excluding hydrogens is 254 g/mol. The molecule has 1 aromatic carbocycles. The molecule has 0 radical (unpaired) electrons. The molecule has 1 amide bonds. The van der Waals surface area contributed by atoms with Gasteiger partial charge in [0.25, 0.3) is 5.91 Å². The lowest BCUT2D eigenvalue weighted by Gasteiger charge is -2.34. The van der Waals surface area contributed by atoms with Crippen LogP contribution in [-0.2, 0) is 4.74 Å². The lowest BCUT2D eigenvalue weighted by molar-refractivity contribution is 0.0272. The number of hydrogen-bond donors (Lipinski definition) is 2. The summed E-state index contributed by atoms with van der Waals surface area (Å²) in [4.78, 5) is 12.4. The van der Waals surface area contributed by atoms with Gasteiger partial charge in [0.15, 0.2) is 0 Å². The quantitative estimate of drug-likeness (QED) is 0.799. The first-order valence-corrected chi connectivity index (χ1v) is 6.74. The normalized spacial score (nSPS) is 21.7. The lowest BCUT2D eigenvalue weighted by Crippen LogP contribution is -2.51. The highest BCUT2D eigenvalue weighted by Gasteiger charge is 2.30. The standard InChI is InChI=1S/C16H19NO3/c1-16(9-5-11-20-12-16)17-15(19)14-8-3-2-6-13(14)7-4-10-18/h2-3,6,8,18H,5,9-12H2,1H3,(H,17,19). The first-order chi connectivity index (χ1) is 9.64. The Morgan fingerprint density at radius 1 is 1.50 bits per heavy atom. The van der Waals surface area contributed by atoms with E-state index in [9.17, 15) is 4.79 Å². The zero-order chi connectivity index (χ0) is 14.4. The number of carbonyl (C=O) groups excluding carboxylic acids is 1. The summed E-state index contributed by atoms with van der Waals surface area (Å²) in [5.41, 5.74) is 0.826. The average molecular weight is 273 g/mol.